The van der Waals surface area contributed by atoms with E-state index in [0.29, 0.717) is 33.4 Å². The first-order valence-corrected chi connectivity index (χ1v) is 15.8. The van der Waals surface area contributed by atoms with E-state index >= 15 is 4.79 Å². The van der Waals surface area contributed by atoms with Crippen LogP contribution in [0.2, 0.25) is 5.02 Å². The summed E-state index contributed by atoms with van der Waals surface area (Å²) in [5.74, 6) is -4.30. The Balaban J connectivity index is 1.52. The van der Waals surface area contributed by atoms with Crippen LogP contribution in [-0.4, -0.2) is 17.6 Å². The van der Waals surface area contributed by atoms with Crippen LogP contribution in [0, 0.1) is 11.8 Å². The first-order chi connectivity index (χ1) is 23.1. The Morgan fingerprint density at radius 2 is 0.958 bits per heavy atom. The van der Waals surface area contributed by atoms with E-state index in [2.05, 4.69) is 0 Å². The molecule has 2 aliphatic carbocycles. The number of carbonyl (C=O) groups is 3. The topological polar surface area (TPSA) is 54.5 Å². The molecule has 1 saturated heterocycles. The Bertz CT molecular complexity index is 2030. The number of halogens is 4. The van der Waals surface area contributed by atoms with E-state index < -0.39 is 51.2 Å². The fourth-order valence-corrected chi connectivity index (χ4v) is 8.68. The highest BCUT2D eigenvalue weighted by Crippen LogP contribution is 2.74. The molecule has 48 heavy (non-hydrogen) atoms. The van der Waals surface area contributed by atoms with Crippen molar-refractivity contribution in [3.05, 3.63) is 172 Å². The number of alkyl halides is 3. The molecule has 2 amide bonds. The quantitative estimate of drug-likeness (QED) is 0.178. The van der Waals surface area contributed by atoms with Crippen LogP contribution in [-0.2, 0) is 31.4 Å². The zero-order valence-electron chi connectivity index (χ0n) is 25.1. The van der Waals surface area contributed by atoms with Crippen molar-refractivity contribution < 1.29 is 27.6 Å². The average Bonchev–Trinajstić information content (AvgIpc) is 3.61. The monoisotopic (exact) mass is 659 g/mol. The van der Waals surface area contributed by atoms with E-state index in [0.717, 1.165) is 17.0 Å². The molecular weight excluding hydrogens is 635 g/mol. The molecule has 0 N–H and O–H groups in total. The van der Waals surface area contributed by atoms with Crippen LogP contribution < -0.4 is 4.90 Å². The summed E-state index contributed by atoms with van der Waals surface area (Å²) in [6, 6.07) is 39.6. The first-order valence-electron chi connectivity index (χ1n) is 15.4. The second-order valence-electron chi connectivity index (χ2n) is 12.3. The van der Waals surface area contributed by atoms with Crippen LogP contribution in [0.5, 0.6) is 0 Å². The molecule has 0 spiro atoms. The molecule has 2 fully saturated rings. The fourth-order valence-electron chi connectivity index (χ4n) is 8.46. The highest BCUT2D eigenvalue weighted by molar-refractivity contribution is 6.39. The predicted octanol–water partition coefficient (Wildman–Crippen LogP) is 8.55. The molecule has 0 radical (unpaired) electrons. The van der Waals surface area contributed by atoms with E-state index in [9.17, 15) is 22.8 Å². The van der Waals surface area contributed by atoms with E-state index in [1.807, 2.05) is 60.7 Å². The van der Waals surface area contributed by atoms with Crippen LogP contribution in [0.1, 0.15) is 27.8 Å². The van der Waals surface area contributed by atoms with Crippen molar-refractivity contribution in [1.82, 2.24) is 0 Å². The largest absolute Gasteiger partial charge is 0.417 e. The number of ketones is 1. The number of fused-ring (bicyclic) bond motifs is 5. The number of rotatable bonds is 5. The van der Waals surface area contributed by atoms with Crippen molar-refractivity contribution in [2.24, 2.45) is 11.8 Å². The minimum absolute atomic E-state index is 0.253. The van der Waals surface area contributed by atoms with Gasteiger partial charge in [-0.15, -0.1) is 0 Å². The van der Waals surface area contributed by atoms with Gasteiger partial charge in [0.05, 0.1) is 38.9 Å². The van der Waals surface area contributed by atoms with Gasteiger partial charge in [-0.1, -0.05) is 133 Å². The van der Waals surface area contributed by atoms with Crippen molar-refractivity contribution in [1.29, 1.82) is 0 Å². The molecule has 8 rings (SSSR count). The molecule has 236 valence electrons. The van der Waals surface area contributed by atoms with Gasteiger partial charge in [-0.3, -0.25) is 14.4 Å². The van der Waals surface area contributed by atoms with Crippen molar-refractivity contribution >= 4 is 46.0 Å². The van der Waals surface area contributed by atoms with Gasteiger partial charge < -0.3 is 0 Å². The van der Waals surface area contributed by atoms with E-state index in [1.165, 1.54) is 6.07 Å². The number of benzene rings is 5. The molecule has 0 aromatic heterocycles. The van der Waals surface area contributed by atoms with Crippen molar-refractivity contribution in [3.63, 3.8) is 0 Å². The van der Waals surface area contributed by atoms with Crippen LogP contribution in [0.25, 0.3) is 11.1 Å². The molecule has 2 bridgehead atoms. The molecule has 5 aromatic rings. The van der Waals surface area contributed by atoms with Crippen molar-refractivity contribution in [2.75, 3.05) is 4.90 Å². The maximum atomic E-state index is 15.8. The number of allylic oxidation sites excluding steroid dienone is 2. The Morgan fingerprint density at radius 3 is 1.35 bits per heavy atom. The van der Waals surface area contributed by atoms with Gasteiger partial charge in [0.25, 0.3) is 0 Å². The number of anilines is 1. The lowest BCUT2D eigenvalue weighted by atomic mass is 9.59. The van der Waals surface area contributed by atoms with E-state index in [4.69, 9.17) is 11.6 Å². The lowest BCUT2D eigenvalue weighted by molar-refractivity contribution is -0.137. The maximum absolute atomic E-state index is 15.8. The van der Waals surface area contributed by atoms with Gasteiger partial charge in [0.1, 0.15) is 0 Å². The first kappa shape index (κ1) is 30.1. The normalized spacial score (nSPS) is 24.8. The molecular formula is C40H25ClF3NO3. The summed E-state index contributed by atoms with van der Waals surface area (Å²) in [5, 5.41) is -0.554. The summed E-state index contributed by atoms with van der Waals surface area (Å²) >= 11 is 5.95. The van der Waals surface area contributed by atoms with Gasteiger partial charge in [-0.2, -0.15) is 13.2 Å². The van der Waals surface area contributed by atoms with Crippen molar-refractivity contribution in [2.45, 2.75) is 17.0 Å². The molecule has 1 aliphatic heterocycles. The van der Waals surface area contributed by atoms with Gasteiger partial charge in [0.15, 0.2) is 5.78 Å². The van der Waals surface area contributed by atoms with Crippen LogP contribution in [0.4, 0.5) is 18.9 Å². The third-order valence-electron chi connectivity index (χ3n) is 10.1. The zero-order chi connectivity index (χ0) is 33.4. The second kappa shape index (κ2) is 10.6. The molecule has 3 aliphatic rings. The summed E-state index contributed by atoms with van der Waals surface area (Å²) < 4.78 is 42.1. The number of Topliss-reactive ketones (excluding diaryl/α,β-unsaturated/α-hetero) is 1. The third-order valence-corrected chi connectivity index (χ3v) is 10.4. The Labute approximate surface area is 279 Å². The summed E-state index contributed by atoms with van der Waals surface area (Å²) in [6.45, 7) is 0. The second-order valence-corrected chi connectivity index (χ2v) is 12.7. The van der Waals surface area contributed by atoms with E-state index in [1.54, 1.807) is 60.7 Å². The maximum Gasteiger partial charge on any atom is 0.417 e. The molecule has 4 nitrogen and oxygen atoms in total. The third kappa shape index (κ3) is 3.82. The number of hydrogen-bond donors (Lipinski definition) is 0. The van der Waals surface area contributed by atoms with Gasteiger partial charge in [0, 0.05) is 0 Å². The molecule has 0 unspecified atom stereocenters. The van der Waals surface area contributed by atoms with Crippen molar-refractivity contribution in [3.8, 4) is 0 Å². The minimum atomic E-state index is -4.83. The molecule has 1 heterocycles. The van der Waals surface area contributed by atoms with Gasteiger partial charge in [-0.25, -0.2) is 4.90 Å². The summed E-state index contributed by atoms with van der Waals surface area (Å²) in [5.41, 5.74) is -1.06. The number of amides is 2. The van der Waals surface area contributed by atoms with E-state index in [-0.39, 0.29) is 11.5 Å². The fraction of sp³-hybridized carbons (Fsp3) is 0.125. The zero-order valence-corrected chi connectivity index (χ0v) is 25.9. The number of carbonyl (C=O) groups excluding carboxylic acids is 3. The number of imide groups is 1. The average molecular weight is 660 g/mol. The molecule has 1 saturated carbocycles. The predicted molar refractivity (Wildman–Crippen MR) is 177 cm³/mol. The highest BCUT2D eigenvalue weighted by atomic mass is 35.5. The Morgan fingerprint density at radius 1 is 0.562 bits per heavy atom. The molecule has 4 atom stereocenters. The van der Waals surface area contributed by atoms with Gasteiger partial charge >= 0.3 is 6.18 Å². The highest BCUT2D eigenvalue weighted by Gasteiger charge is 2.82. The molecule has 8 heteroatoms. The van der Waals surface area contributed by atoms with Crippen LogP contribution in [0.3, 0.4) is 0 Å². The van der Waals surface area contributed by atoms with Gasteiger partial charge in [-0.05, 0) is 51.6 Å². The number of nitrogens with zero attached hydrogens (tertiary/aromatic N) is 1. The standard InChI is InChI=1S/C40H25ClF3NO3/c41-30-22-21-28(23-29(30)40(42,43)44)45-35(46)33-34(36(45)47)39(27-19-11-4-12-20-27)32(25-15-7-2-8-16-25)31(24-13-5-1-6-14-24)38(33,37(39)48)26-17-9-3-10-18-26/h1-23,33-34H/t33-,34+,38-,39-/m0/s1. The SMILES string of the molecule is O=C1[C@@H]2[C@H](C(=O)N1c1ccc(Cl)c(C(F)(F)F)c1)[C@@]1(c3ccccc3)C(=O)[C@@]2(c2ccccc2)C(c2ccccc2)=C1c1ccccc1. The van der Waals surface area contributed by atoms with Crippen LogP contribution in [0.15, 0.2) is 140 Å². The van der Waals surface area contributed by atoms with Gasteiger partial charge in [0.2, 0.25) is 11.8 Å². The smallest absolute Gasteiger partial charge is 0.297 e. The summed E-state index contributed by atoms with van der Waals surface area (Å²) in [6.07, 6.45) is -4.83. The Hall–Kier alpha value is -5.27. The number of hydrogen-bond acceptors (Lipinski definition) is 3. The minimum Gasteiger partial charge on any atom is -0.297 e. The summed E-state index contributed by atoms with van der Waals surface area (Å²) in [4.78, 5) is 46.6. The lowest BCUT2D eigenvalue weighted by Gasteiger charge is -2.39. The lowest BCUT2D eigenvalue weighted by Crippen LogP contribution is -2.45. The molecule has 5 aromatic carbocycles. The van der Waals surface area contributed by atoms with Crippen LogP contribution >= 0.6 is 11.6 Å². The summed E-state index contributed by atoms with van der Waals surface area (Å²) in [7, 11) is 0. The Kier molecular flexibility index (Phi) is 6.66.